The Bertz CT molecular complexity index is 592. The molecule has 0 saturated carbocycles. The van der Waals surface area contributed by atoms with Crippen LogP contribution in [0.1, 0.15) is 23.5 Å². The van der Waals surface area contributed by atoms with Gasteiger partial charge in [0.25, 0.3) is 5.91 Å². The summed E-state index contributed by atoms with van der Waals surface area (Å²) in [4.78, 5) is 19.8. The highest BCUT2D eigenvalue weighted by molar-refractivity contribution is 6.28. The fraction of sp³-hybridized carbons (Fsp3) is 0.300. The van der Waals surface area contributed by atoms with Crippen molar-refractivity contribution in [1.82, 2.24) is 19.9 Å². The third-order valence-corrected chi connectivity index (χ3v) is 2.96. The molecule has 82 valence electrons. The van der Waals surface area contributed by atoms with Crippen molar-refractivity contribution in [3.8, 4) is 0 Å². The lowest BCUT2D eigenvalue weighted by Crippen LogP contribution is -2.37. The van der Waals surface area contributed by atoms with Gasteiger partial charge >= 0.3 is 0 Å². The number of carbonyl (C=O) groups is 1. The number of rotatable bonds is 0. The van der Waals surface area contributed by atoms with Crippen LogP contribution in [0.15, 0.2) is 12.3 Å². The van der Waals surface area contributed by atoms with Crippen LogP contribution in [0.5, 0.6) is 0 Å². The van der Waals surface area contributed by atoms with Crippen LogP contribution < -0.4 is 5.32 Å². The summed E-state index contributed by atoms with van der Waals surface area (Å²) in [5.74, 6) is -0.0766. The van der Waals surface area contributed by atoms with E-state index in [1.807, 2.05) is 11.5 Å². The van der Waals surface area contributed by atoms with E-state index < -0.39 is 0 Å². The first-order valence-electron chi connectivity index (χ1n) is 4.98. The summed E-state index contributed by atoms with van der Waals surface area (Å²) in [6, 6.07) is 1.97. The van der Waals surface area contributed by atoms with Gasteiger partial charge < -0.3 is 9.88 Å². The van der Waals surface area contributed by atoms with E-state index >= 15 is 0 Å². The van der Waals surface area contributed by atoms with Crippen LogP contribution in [0.3, 0.4) is 0 Å². The number of amides is 1. The standard InChI is InChI=1S/C10H9ClN4O/c1-5-3-12-9(16)7-2-6-4-13-10(11)14-8(6)15(5)7/h2,4-5H,3H2,1H3,(H,12,16). The average Bonchev–Trinajstić information content (AvgIpc) is 2.63. The molecule has 2 aromatic heterocycles. The van der Waals surface area contributed by atoms with Gasteiger partial charge in [0.2, 0.25) is 5.28 Å². The summed E-state index contributed by atoms with van der Waals surface area (Å²) in [7, 11) is 0. The van der Waals surface area contributed by atoms with E-state index in [1.54, 1.807) is 12.3 Å². The maximum Gasteiger partial charge on any atom is 0.268 e. The van der Waals surface area contributed by atoms with Crippen molar-refractivity contribution < 1.29 is 4.79 Å². The number of hydrogen-bond acceptors (Lipinski definition) is 3. The Morgan fingerprint density at radius 2 is 2.44 bits per heavy atom. The molecule has 1 aliphatic heterocycles. The molecule has 1 N–H and O–H groups in total. The molecular weight excluding hydrogens is 228 g/mol. The van der Waals surface area contributed by atoms with Gasteiger partial charge in [-0.05, 0) is 24.6 Å². The molecule has 5 nitrogen and oxygen atoms in total. The fourth-order valence-electron chi connectivity index (χ4n) is 2.03. The minimum absolute atomic E-state index is 0.0766. The van der Waals surface area contributed by atoms with Crippen molar-refractivity contribution in [1.29, 1.82) is 0 Å². The maximum absolute atomic E-state index is 11.7. The van der Waals surface area contributed by atoms with Gasteiger partial charge in [-0.2, -0.15) is 4.98 Å². The van der Waals surface area contributed by atoms with Gasteiger partial charge in [0.05, 0.1) is 6.04 Å². The molecule has 0 radical (unpaired) electrons. The summed E-state index contributed by atoms with van der Waals surface area (Å²) < 4.78 is 1.90. The number of aromatic nitrogens is 3. The topological polar surface area (TPSA) is 59.8 Å². The van der Waals surface area contributed by atoms with Crippen LogP contribution in [-0.4, -0.2) is 27.0 Å². The van der Waals surface area contributed by atoms with Crippen molar-refractivity contribution >= 4 is 28.5 Å². The van der Waals surface area contributed by atoms with Gasteiger partial charge in [0, 0.05) is 18.1 Å². The predicted octanol–water partition coefficient (Wildman–Crippen LogP) is 1.39. The first kappa shape index (κ1) is 9.59. The van der Waals surface area contributed by atoms with Crippen molar-refractivity contribution in [2.75, 3.05) is 6.54 Å². The summed E-state index contributed by atoms with van der Waals surface area (Å²) in [6.45, 7) is 2.63. The van der Waals surface area contributed by atoms with Crippen LogP contribution in [0, 0.1) is 0 Å². The molecule has 3 heterocycles. The number of halogens is 1. The molecule has 0 fully saturated rings. The van der Waals surface area contributed by atoms with Gasteiger partial charge in [0.1, 0.15) is 11.3 Å². The third-order valence-electron chi connectivity index (χ3n) is 2.78. The zero-order chi connectivity index (χ0) is 11.3. The molecule has 1 atom stereocenters. The molecule has 3 rings (SSSR count). The van der Waals surface area contributed by atoms with Crippen LogP contribution in [0.4, 0.5) is 0 Å². The van der Waals surface area contributed by atoms with Gasteiger partial charge in [-0.1, -0.05) is 0 Å². The van der Waals surface area contributed by atoms with Crippen molar-refractivity contribution in [3.05, 3.63) is 23.2 Å². The highest BCUT2D eigenvalue weighted by atomic mass is 35.5. The fourth-order valence-corrected chi connectivity index (χ4v) is 2.16. The summed E-state index contributed by atoms with van der Waals surface area (Å²) >= 11 is 5.77. The molecule has 2 aromatic rings. The Morgan fingerprint density at radius 3 is 3.25 bits per heavy atom. The van der Waals surface area contributed by atoms with Gasteiger partial charge in [-0.25, -0.2) is 4.98 Å². The highest BCUT2D eigenvalue weighted by Crippen LogP contribution is 2.25. The van der Waals surface area contributed by atoms with E-state index in [4.69, 9.17) is 11.6 Å². The Morgan fingerprint density at radius 1 is 1.62 bits per heavy atom. The molecule has 1 amide bonds. The Labute approximate surface area is 96.4 Å². The zero-order valence-corrected chi connectivity index (χ0v) is 9.32. The Kier molecular flexibility index (Phi) is 1.91. The van der Waals surface area contributed by atoms with Crippen LogP contribution in [-0.2, 0) is 0 Å². The number of carbonyl (C=O) groups excluding carboxylic acids is 1. The monoisotopic (exact) mass is 236 g/mol. The first-order valence-corrected chi connectivity index (χ1v) is 5.36. The first-order chi connectivity index (χ1) is 7.66. The largest absolute Gasteiger partial charge is 0.349 e. The Balaban J connectivity index is 2.38. The van der Waals surface area contributed by atoms with Crippen LogP contribution in [0.2, 0.25) is 5.28 Å². The lowest BCUT2D eigenvalue weighted by molar-refractivity contribution is 0.0919. The van der Waals surface area contributed by atoms with E-state index in [1.165, 1.54) is 0 Å². The van der Waals surface area contributed by atoms with Gasteiger partial charge in [-0.15, -0.1) is 0 Å². The Hall–Kier alpha value is -1.62. The van der Waals surface area contributed by atoms with Gasteiger partial charge in [-0.3, -0.25) is 4.79 Å². The van der Waals surface area contributed by atoms with E-state index in [0.29, 0.717) is 12.2 Å². The molecule has 0 bridgehead atoms. The number of nitrogens with one attached hydrogen (secondary N) is 1. The quantitative estimate of drug-likeness (QED) is 0.704. The minimum atomic E-state index is -0.0766. The number of fused-ring (bicyclic) bond motifs is 3. The molecule has 0 spiro atoms. The molecule has 6 heteroatoms. The molecule has 1 unspecified atom stereocenters. The predicted molar refractivity (Wildman–Crippen MR) is 59.6 cm³/mol. The van der Waals surface area contributed by atoms with E-state index in [2.05, 4.69) is 15.3 Å². The molecule has 0 aliphatic carbocycles. The van der Waals surface area contributed by atoms with Crippen molar-refractivity contribution in [2.24, 2.45) is 0 Å². The average molecular weight is 237 g/mol. The second-order valence-corrected chi connectivity index (χ2v) is 4.21. The minimum Gasteiger partial charge on any atom is -0.349 e. The second kappa shape index (κ2) is 3.18. The number of hydrogen-bond donors (Lipinski definition) is 1. The van der Waals surface area contributed by atoms with E-state index in [-0.39, 0.29) is 17.2 Å². The lowest BCUT2D eigenvalue weighted by atomic mass is 10.2. The molecule has 0 saturated heterocycles. The summed E-state index contributed by atoms with van der Waals surface area (Å²) in [5, 5.41) is 3.86. The van der Waals surface area contributed by atoms with Crippen LogP contribution >= 0.6 is 11.6 Å². The normalized spacial score (nSPS) is 19.6. The van der Waals surface area contributed by atoms with Crippen LogP contribution in [0.25, 0.3) is 11.0 Å². The zero-order valence-electron chi connectivity index (χ0n) is 8.57. The van der Waals surface area contributed by atoms with Crippen molar-refractivity contribution in [2.45, 2.75) is 13.0 Å². The summed E-state index contributed by atoms with van der Waals surface area (Å²) in [5.41, 5.74) is 1.34. The molecular formula is C10H9ClN4O. The van der Waals surface area contributed by atoms with E-state index in [9.17, 15) is 4.79 Å². The second-order valence-electron chi connectivity index (χ2n) is 3.88. The summed E-state index contributed by atoms with van der Waals surface area (Å²) in [6.07, 6.45) is 1.63. The SMILES string of the molecule is CC1CNC(=O)c2cc3cnc(Cl)nc3n21. The van der Waals surface area contributed by atoms with Gasteiger partial charge in [0.15, 0.2) is 0 Å². The van der Waals surface area contributed by atoms with Crippen molar-refractivity contribution in [3.63, 3.8) is 0 Å². The third kappa shape index (κ3) is 1.21. The molecule has 0 aromatic carbocycles. The number of nitrogens with zero attached hydrogens (tertiary/aromatic N) is 3. The highest BCUT2D eigenvalue weighted by Gasteiger charge is 2.25. The molecule has 1 aliphatic rings. The van der Waals surface area contributed by atoms with E-state index in [0.717, 1.165) is 11.0 Å². The smallest absolute Gasteiger partial charge is 0.268 e. The lowest BCUT2D eigenvalue weighted by Gasteiger charge is -2.23. The maximum atomic E-state index is 11.7. The molecule has 16 heavy (non-hydrogen) atoms.